The van der Waals surface area contributed by atoms with E-state index in [1.54, 1.807) is 5.57 Å². The highest BCUT2D eigenvalue weighted by atomic mass is 15.3. The standard InChI is InChI=1S/C21H30N2.3C2H6/c1-3-20(17-19-10-8-7-9-18(19)2)22-13-15-23(16-14-22)21-11-5-4-6-12-21;3*1-2/h4-7,9,11-12,20H,3,8,10,13-17H2,1-2H3;3*1-2H3. The maximum atomic E-state index is 2.72. The Hall–Kier alpha value is -1.54. The summed E-state index contributed by atoms with van der Waals surface area (Å²) in [7, 11) is 0. The van der Waals surface area contributed by atoms with Crippen LogP contribution in [0.25, 0.3) is 0 Å². The van der Waals surface area contributed by atoms with E-state index in [9.17, 15) is 0 Å². The van der Waals surface area contributed by atoms with Gasteiger partial charge in [0.05, 0.1) is 0 Å². The molecule has 0 N–H and O–H groups in total. The van der Waals surface area contributed by atoms with Gasteiger partial charge in [-0.25, -0.2) is 0 Å². The molecule has 1 aromatic rings. The number of hydrogen-bond acceptors (Lipinski definition) is 2. The molecule has 1 aromatic carbocycles. The Labute approximate surface area is 182 Å². The average molecular weight is 401 g/mol. The summed E-state index contributed by atoms with van der Waals surface area (Å²) in [6, 6.07) is 11.6. The molecule has 1 fully saturated rings. The van der Waals surface area contributed by atoms with Crippen LogP contribution in [-0.2, 0) is 0 Å². The summed E-state index contributed by atoms with van der Waals surface area (Å²) in [4.78, 5) is 5.25. The van der Waals surface area contributed by atoms with Gasteiger partial charge >= 0.3 is 0 Å². The van der Waals surface area contributed by atoms with Crippen molar-refractivity contribution < 1.29 is 0 Å². The third-order valence-corrected chi connectivity index (χ3v) is 5.44. The zero-order chi connectivity index (χ0) is 22.1. The summed E-state index contributed by atoms with van der Waals surface area (Å²) in [5, 5.41) is 0. The van der Waals surface area contributed by atoms with Crippen LogP contribution in [0.4, 0.5) is 5.69 Å². The minimum absolute atomic E-state index is 0.712. The molecule has 2 heteroatoms. The highest BCUT2D eigenvalue weighted by molar-refractivity contribution is 5.46. The van der Waals surface area contributed by atoms with Crippen molar-refractivity contribution in [2.75, 3.05) is 31.1 Å². The van der Waals surface area contributed by atoms with E-state index in [2.05, 4.69) is 66.1 Å². The van der Waals surface area contributed by atoms with Crippen molar-refractivity contribution in [3.8, 4) is 0 Å². The molecule has 0 amide bonds. The topological polar surface area (TPSA) is 6.48 Å². The summed E-state index contributed by atoms with van der Waals surface area (Å²) in [6.07, 6.45) is 9.65. The number of para-hydroxylation sites is 1. The minimum Gasteiger partial charge on any atom is -0.369 e. The molecule has 0 saturated carbocycles. The van der Waals surface area contributed by atoms with E-state index in [1.807, 2.05) is 41.5 Å². The minimum atomic E-state index is 0.712. The van der Waals surface area contributed by atoms with E-state index in [4.69, 9.17) is 0 Å². The molecule has 1 saturated heterocycles. The highest BCUT2D eigenvalue weighted by Crippen LogP contribution is 2.27. The number of nitrogens with zero attached hydrogens (tertiary/aromatic N) is 2. The Morgan fingerprint density at radius 1 is 0.862 bits per heavy atom. The van der Waals surface area contributed by atoms with Crippen LogP contribution < -0.4 is 4.90 Å². The summed E-state index contributed by atoms with van der Waals surface area (Å²) < 4.78 is 0. The Morgan fingerprint density at radius 3 is 1.97 bits per heavy atom. The normalized spacial score (nSPS) is 17.2. The van der Waals surface area contributed by atoms with E-state index in [1.165, 1.54) is 50.0 Å². The molecule has 0 aromatic heterocycles. The van der Waals surface area contributed by atoms with Crippen molar-refractivity contribution in [2.45, 2.75) is 87.1 Å². The number of anilines is 1. The number of allylic oxidation sites excluding steroid dienone is 3. The third kappa shape index (κ3) is 9.21. The van der Waals surface area contributed by atoms with Gasteiger partial charge in [0.15, 0.2) is 0 Å². The van der Waals surface area contributed by atoms with E-state index in [0.29, 0.717) is 6.04 Å². The predicted octanol–water partition coefficient (Wildman–Crippen LogP) is 7.72. The van der Waals surface area contributed by atoms with Crippen molar-refractivity contribution in [3.05, 3.63) is 53.6 Å². The second-order valence-corrected chi connectivity index (χ2v) is 6.85. The molecule has 0 spiro atoms. The van der Waals surface area contributed by atoms with Crippen LogP contribution in [0.5, 0.6) is 0 Å². The molecule has 1 aliphatic heterocycles. The first-order chi connectivity index (χ1) is 14.3. The van der Waals surface area contributed by atoms with Gasteiger partial charge in [-0.15, -0.1) is 0 Å². The van der Waals surface area contributed by atoms with Crippen molar-refractivity contribution >= 4 is 5.69 Å². The van der Waals surface area contributed by atoms with Gasteiger partial charge in [0.2, 0.25) is 0 Å². The van der Waals surface area contributed by atoms with E-state index in [-0.39, 0.29) is 0 Å². The van der Waals surface area contributed by atoms with E-state index in [0.717, 1.165) is 13.1 Å². The lowest BCUT2D eigenvalue weighted by molar-refractivity contribution is 0.178. The second kappa shape index (κ2) is 17.3. The van der Waals surface area contributed by atoms with Crippen molar-refractivity contribution in [1.82, 2.24) is 4.90 Å². The molecule has 1 aliphatic carbocycles. The van der Waals surface area contributed by atoms with Crippen molar-refractivity contribution in [3.63, 3.8) is 0 Å². The fraction of sp³-hybridized carbons (Fsp3) is 0.630. The van der Waals surface area contributed by atoms with E-state index < -0.39 is 0 Å². The summed E-state index contributed by atoms with van der Waals surface area (Å²) in [5.74, 6) is 0. The maximum absolute atomic E-state index is 2.72. The lowest BCUT2D eigenvalue weighted by Gasteiger charge is -2.40. The van der Waals surface area contributed by atoms with Gasteiger partial charge in [-0.3, -0.25) is 4.90 Å². The molecular formula is C27H48N2. The Morgan fingerprint density at radius 2 is 1.45 bits per heavy atom. The highest BCUT2D eigenvalue weighted by Gasteiger charge is 2.24. The number of benzene rings is 1. The number of hydrogen-bond donors (Lipinski definition) is 0. The van der Waals surface area contributed by atoms with Gasteiger partial charge in [-0.2, -0.15) is 0 Å². The molecule has 2 nitrogen and oxygen atoms in total. The largest absolute Gasteiger partial charge is 0.369 e. The summed E-state index contributed by atoms with van der Waals surface area (Å²) in [6.45, 7) is 21.3. The summed E-state index contributed by atoms with van der Waals surface area (Å²) >= 11 is 0. The molecule has 1 heterocycles. The Bertz CT molecular complexity index is 551. The van der Waals surface area contributed by atoms with Crippen LogP contribution in [0.1, 0.15) is 81.1 Å². The SMILES string of the molecule is CC.CC.CC.CCC(CC1=C(C)C=CCC1)N1CCN(c2ccccc2)CC1. The van der Waals surface area contributed by atoms with Crippen molar-refractivity contribution in [2.24, 2.45) is 0 Å². The smallest absolute Gasteiger partial charge is 0.0367 e. The van der Waals surface area contributed by atoms with E-state index >= 15 is 0 Å². The lowest BCUT2D eigenvalue weighted by Crippen LogP contribution is -2.50. The second-order valence-electron chi connectivity index (χ2n) is 6.85. The predicted molar refractivity (Wildman–Crippen MR) is 134 cm³/mol. The fourth-order valence-corrected chi connectivity index (χ4v) is 3.90. The molecule has 3 rings (SSSR count). The van der Waals surface area contributed by atoms with Crippen LogP contribution in [-0.4, -0.2) is 37.1 Å². The zero-order valence-corrected chi connectivity index (χ0v) is 20.7. The molecule has 2 aliphatic rings. The van der Waals surface area contributed by atoms with Gasteiger partial charge in [0.25, 0.3) is 0 Å². The van der Waals surface area contributed by atoms with Gasteiger partial charge in [-0.05, 0) is 44.7 Å². The van der Waals surface area contributed by atoms with Crippen LogP contribution >= 0.6 is 0 Å². The molecule has 1 atom stereocenters. The van der Waals surface area contributed by atoms with Crippen molar-refractivity contribution in [1.29, 1.82) is 0 Å². The number of piperazine rings is 1. The Balaban J connectivity index is 0.00000120. The quantitative estimate of drug-likeness (QED) is 0.499. The fourth-order valence-electron chi connectivity index (χ4n) is 3.90. The monoisotopic (exact) mass is 400 g/mol. The third-order valence-electron chi connectivity index (χ3n) is 5.44. The van der Waals surface area contributed by atoms with Gasteiger partial charge < -0.3 is 4.90 Å². The van der Waals surface area contributed by atoms with Gasteiger partial charge in [-0.1, -0.05) is 90.0 Å². The first-order valence-electron chi connectivity index (χ1n) is 12.2. The Kier molecular flexibility index (Phi) is 16.4. The molecule has 0 radical (unpaired) electrons. The maximum Gasteiger partial charge on any atom is 0.0367 e. The zero-order valence-electron chi connectivity index (χ0n) is 20.7. The molecule has 0 bridgehead atoms. The van der Waals surface area contributed by atoms with Gasteiger partial charge in [0, 0.05) is 37.9 Å². The molecule has 1 unspecified atom stereocenters. The lowest BCUT2D eigenvalue weighted by atomic mass is 9.91. The van der Waals surface area contributed by atoms with Crippen LogP contribution in [0, 0.1) is 0 Å². The van der Waals surface area contributed by atoms with Crippen LogP contribution in [0.15, 0.2) is 53.6 Å². The van der Waals surface area contributed by atoms with Crippen LogP contribution in [0.2, 0.25) is 0 Å². The molecule has 29 heavy (non-hydrogen) atoms. The van der Waals surface area contributed by atoms with Gasteiger partial charge in [0.1, 0.15) is 0 Å². The first kappa shape index (κ1) is 27.5. The molecular weight excluding hydrogens is 352 g/mol. The number of rotatable bonds is 5. The average Bonchev–Trinajstić information content (AvgIpc) is 2.83. The molecule has 166 valence electrons. The van der Waals surface area contributed by atoms with Crippen LogP contribution in [0.3, 0.4) is 0 Å². The first-order valence-corrected chi connectivity index (χ1v) is 12.2. The summed E-state index contributed by atoms with van der Waals surface area (Å²) in [5.41, 5.74) is 4.57.